The van der Waals surface area contributed by atoms with E-state index in [0.717, 1.165) is 6.92 Å². The second-order valence-corrected chi connectivity index (χ2v) is 6.40. The Morgan fingerprint density at radius 1 is 1.03 bits per heavy atom. The lowest BCUT2D eigenvalue weighted by atomic mass is 10.0. The van der Waals surface area contributed by atoms with Gasteiger partial charge in [0.15, 0.2) is 17.4 Å². The molecule has 0 aliphatic heterocycles. The van der Waals surface area contributed by atoms with Crippen molar-refractivity contribution in [3.63, 3.8) is 0 Å². The summed E-state index contributed by atoms with van der Waals surface area (Å²) < 4.78 is 61.4. The van der Waals surface area contributed by atoms with Crippen molar-refractivity contribution < 1.29 is 41.7 Å². The van der Waals surface area contributed by atoms with Gasteiger partial charge in [0.05, 0.1) is 18.8 Å². The van der Waals surface area contributed by atoms with Crippen LogP contribution in [-0.4, -0.2) is 44.7 Å². The second kappa shape index (κ2) is 12.6. The zero-order chi connectivity index (χ0) is 22.0. The summed E-state index contributed by atoms with van der Waals surface area (Å²) in [5.74, 6) is -5.88. The molecule has 0 saturated carbocycles. The summed E-state index contributed by atoms with van der Waals surface area (Å²) in [5.41, 5.74) is -1.14. The third-order valence-corrected chi connectivity index (χ3v) is 3.99. The molecule has 0 bridgehead atoms. The van der Waals surface area contributed by atoms with Gasteiger partial charge in [0.2, 0.25) is 0 Å². The molecule has 0 heterocycles. The van der Waals surface area contributed by atoms with Crippen LogP contribution in [0.4, 0.5) is 13.2 Å². The monoisotopic (exact) mass is 420 g/mol. The first-order chi connectivity index (χ1) is 13.7. The maximum atomic E-state index is 13.8. The number of benzene rings is 1. The highest BCUT2D eigenvalue weighted by molar-refractivity contribution is 6.06. The molecule has 0 N–H and O–H groups in total. The standard InChI is InChI=1S/C20H27F3O6/c1-5-26-20(27-6-2)28-8-7-12(3)11-29-17(25)10-16(24)18-13(4)19(23)15(22)9-14(18)21/h9,12,20H,5-8,10-11H2,1-4H3/t12-/m1/s1. The smallest absolute Gasteiger partial charge is 0.313 e. The number of rotatable bonds is 13. The number of Topliss-reactive ketones (excluding diaryl/α,β-unsaturated/α-hetero) is 1. The summed E-state index contributed by atoms with van der Waals surface area (Å²) in [6.07, 6.45) is -0.239. The van der Waals surface area contributed by atoms with Crippen molar-refractivity contribution in [2.75, 3.05) is 26.4 Å². The fourth-order valence-corrected chi connectivity index (χ4v) is 2.43. The average molecular weight is 420 g/mol. The maximum Gasteiger partial charge on any atom is 0.313 e. The van der Waals surface area contributed by atoms with Crippen molar-refractivity contribution in [2.45, 2.75) is 47.0 Å². The van der Waals surface area contributed by atoms with Crippen LogP contribution < -0.4 is 0 Å². The van der Waals surface area contributed by atoms with Gasteiger partial charge < -0.3 is 18.9 Å². The Kier molecular flexibility index (Phi) is 10.9. The lowest BCUT2D eigenvalue weighted by Gasteiger charge is -2.18. The van der Waals surface area contributed by atoms with E-state index in [1.807, 2.05) is 20.8 Å². The molecule has 0 spiro atoms. The SMILES string of the molecule is CCOC(OCC)OCC[C@@H](C)COC(=O)CC(=O)c1c(F)cc(F)c(F)c1C. The zero-order valence-corrected chi connectivity index (χ0v) is 17.1. The molecule has 1 rings (SSSR count). The van der Waals surface area contributed by atoms with E-state index in [9.17, 15) is 22.8 Å². The average Bonchev–Trinajstić information content (AvgIpc) is 2.65. The fraction of sp³-hybridized carbons (Fsp3) is 0.600. The van der Waals surface area contributed by atoms with Gasteiger partial charge >= 0.3 is 5.97 Å². The second-order valence-electron chi connectivity index (χ2n) is 6.40. The Morgan fingerprint density at radius 2 is 1.66 bits per heavy atom. The molecular weight excluding hydrogens is 393 g/mol. The molecule has 0 aliphatic rings. The lowest BCUT2D eigenvalue weighted by molar-refractivity contribution is -0.285. The van der Waals surface area contributed by atoms with Crippen molar-refractivity contribution in [1.29, 1.82) is 0 Å². The molecule has 1 aromatic carbocycles. The van der Waals surface area contributed by atoms with Crippen LogP contribution in [0.15, 0.2) is 6.07 Å². The van der Waals surface area contributed by atoms with Gasteiger partial charge in [-0.1, -0.05) is 6.92 Å². The van der Waals surface area contributed by atoms with Crippen LogP contribution in [0.25, 0.3) is 0 Å². The molecule has 0 fully saturated rings. The van der Waals surface area contributed by atoms with Gasteiger partial charge in [-0.05, 0) is 33.1 Å². The van der Waals surface area contributed by atoms with E-state index >= 15 is 0 Å². The van der Waals surface area contributed by atoms with Crippen LogP contribution in [0.3, 0.4) is 0 Å². The summed E-state index contributed by atoms with van der Waals surface area (Å²) in [6.45, 7) is 6.94. The van der Waals surface area contributed by atoms with Crippen molar-refractivity contribution in [3.05, 3.63) is 34.6 Å². The molecule has 0 unspecified atom stereocenters. The van der Waals surface area contributed by atoms with Gasteiger partial charge in [-0.25, -0.2) is 13.2 Å². The lowest BCUT2D eigenvalue weighted by Crippen LogP contribution is -2.23. The number of hydrogen-bond donors (Lipinski definition) is 0. The van der Waals surface area contributed by atoms with Crippen molar-refractivity contribution in [2.24, 2.45) is 5.92 Å². The summed E-state index contributed by atoms with van der Waals surface area (Å²) in [6, 6.07) is 0.279. The molecule has 0 saturated heterocycles. The van der Waals surface area contributed by atoms with Gasteiger partial charge in [-0.3, -0.25) is 9.59 Å². The Bertz CT molecular complexity index is 689. The van der Waals surface area contributed by atoms with Gasteiger partial charge in [0.25, 0.3) is 6.48 Å². The minimum atomic E-state index is -1.40. The van der Waals surface area contributed by atoms with E-state index in [0.29, 0.717) is 26.2 Å². The van der Waals surface area contributed by atoms with E-state index in [-0.39, 0.29) is 18.6 Å². The predicted octanol–water partition coefficient (Wildman–Crippen LogP) is 3.93. The minimum Gasteiger partial charge on any atom is -0.465 e. The topological polar surface area (TPSA) is 71.1 Å². The van der Waals surface area contributed by atoms with E-state index in [1.165, 1.54) is 0 Å². The predicted molar refractivity (Wildman–Crippen MR) is 97.7 cm³/mol. The van der Waals surface area contributed by atoms with Crippen molar-refractivity contribution in [3.8, 4) is 0 Å². The Labute approximate surface area is 168 Å². The van der Waals surface area contributed by atoms with E-state index < -0.39 is 53.2 Å². The summed E-state index contributed by atoms with van der Waals surface area (Å²) >= 11 is 0. The molecule has 1 aromatic rings. The number of halogens is 3. The van der Waals surface area contributed by atoms with Crippen LogP contribution in [-0.2, 0) is 23.7 Å². The van der Waals surface area contributed by atoms with E-state index in [1.54, 1.807) is 0 Å². The maximum absolute atomic E-state index is 13.8. The summed E-state index contributed by atoms with van der Waals surface area (Å²) in [5, 5.41) is 0. The van der Waals surface area contributed by atoms with Crippen LogP contribution in [0.5, 0.6) is 0 Å². The molecule has 29 heavy (non-hydrogen) atoms. The number of ketones is 1. The molecule has 9 heteroatoms. The minimum absolute atomic E-state index is 0.0165. The van der Waals surface area contributed by atoms with E-state index in [4.69, 9.17) is 18.9 Å². The van der Waals surface area contributed by atoms with Gasteiger partial charge in [0.1, 0.15) is 12.2 Å². The largest absolute Gasteiger partial charge is 0.465 e. The zero-order valence-electron chi connectivity index (χ0n) is 17.1. The molecule has 0 aromatic heterocycles. The number of carbonyl (C=O) groups is 2. The highest BCUT2D eigenvalue weighted by Crippen LogP contribution is 2.21. The third kappa shape index (κ3) is 8.12. The van der Waals surface area contributed by atoms with Crippen LogP contribution in [0, 0.1) is 30.3 Å². The summed E-state index contributed by atoms with van der Waals surface area (Å²) in [7, 11) is 0. The van der Waals surface area contributed by atoms with Crippen molar-refractivity contribution in [1.82, 2.24) is 0 Å². The molecule has 6 nitrogen and oxygen atoms in total. The Hall–Kier alpha value is -1.97. The van der Waals surface area contributed by atoms with Gasteiger partial charge in [-0.15, -0.1) is 0 Å². The third-order valence-electron chi connectivity index (χ3n) is 3.99. The molecule has 0 radical (unpaired) electrons. The van der Waals surface area contributed by atoms with Crippen LogP contribution in [0.2, 0.25) is 0 Å². The Morgan fingerprint density at radius 3 is 2.24 bits per heavy atom. The first-order valence-electron chi connectivity index (χ1n) is 9.38. The molecule has 164 valence electrons. The highest BCUT2D eigenvalue weighted by atomic mass is 19.2. The van der Waals surface area contributed by atoms with Gasteiger partial charge in [-0.2, -0.15) is 0 Å². The highest BCUT2D eigenvalue weighted by Gasteiger charge is 2.23. The fourth-order valence-electron chi connectivity index (χ4n) is 2.43. The molecule has 1 atom stereocenters. The number of esters is 1. The molecular formula is C20H27F3O6. The van der Waals surface area contributed by atoms with Crippen LogP contribution >= 0.6 is 0 Å². The first kappa shape index (κ1) is 25.1. The Balaban J connectivity index is 2.45. The summed E-state index contributed by atoms with van der Waals surface area (Å²) in [4.78, 5) is 24.0. The molecule has 0 amide bonds. The van der Waals surface area contributed by atoms with Crippen molar-refractivity contribution >= 4 is 11.8 Å². The quantitative estimate of drug-likeness (QED) is 0.158. The van der Waals surface area contributed by atoms with Crippen LogP contribution in [0.1, 0.15) is 49.5 Å². The number of hydrogen-bond acceptors (Lipinski definition) is 6. The van der Waals surface area contributed by atoms with E-state index in [2.05, 4.69) is 0 Å². The first-order valence-corrected chi connectivity index (χ1v) is 9.38. The number of ether oxygens (including phenoxy) is 4. The molecule has 0 aliphatic carbocycles. The normalized spacial score (nSPS) is 12.3. The van der Waals surface area contributed by atoms with Gasteiger partial charge in [0, 0.05) is 24.8 Å². The number of carbonyl (C=O) groups excluding carboxylic acids is 2.